The number of piperidine rings is 1. The smallest absolute Gasteiger partial charge is 0.311 e. The number of carbonyl (C=O) groups is 1. The summed E-state index contributed by atoms with van der Waals surface area (Å²) in [5.74, 6) is 0.0763. The van der Waals surface area contributed by atoms with Crippen molar-refractivity contribution >= 4 is 5.97 Å². The third kappa shape index (κ3) is 1.92. The van der Waals surface area contributed by atoms with Crippen molar-refractivity contribution in [1.29, 1.82) is 0 Å². The number of fused-ring (bicyclic) bond motifs is 2. The summed E-state index contributed by atoms with van der Waals surface area (Å²) in [4.78, 5) is 11.8. The number of hydrogen-bond acceptors (Lipinski definition) is 3. The highest BCUT2D eigenvalue weighted by Gasteiger charge is 2.44. The summed E-state index contributed by atoms with van der Waals surface area (Å²) in [6.07, 6.45) is 3.28. The Balaban J connectivity index is 1.91. The highest BCUT2D eigenvalue weighted by atomic mass is 16.6. The number of nitrogens with one attached hydrogen (secondary N) is 1. The second-order valence-electron chi connectivity index (χ2n) is 5.42. The average molecular weight is 197 g/mol. The topological polar surface area (TPSA) is 38.3 Å². The molecular formula is C11H19NO2. The van der Waals surface area contributed by atoms with E-state index in [0.717, 1.165) is 19.3 Å². The normalized spacial score (nSPS) is 36.1. The van der Waals surface area contributed by atoms with Crippen molar-refractivity contribution in [3.8, 4) is 0 Å². The van der Waals surface area contributed by atoms with E-state index >= 15 is 0 Å². The molecule has 3 aliphatic rings. The molecule has 0 radical (unpaired) electrons. The first kappa shape index (κ1) is 9.97. The van der Waals surface area contributed by atoms with Crippen LogP contribution in [-0.2, 0) is 9.53 Å². The predicted octanol–water partition coefficient (Wildman–Crippen LogP) is 1.47. The van der Waals surface area contributed by atoms with Crippen LogP contribution in [0.1, 0.15) is 40.0 Å². The van der Waals surface area contributed by atoms with Gasteiger partial charge in [0.1, 0.15) is 5.60 Å². The summed E-state index contributed by atoms with van der Waals surface area (Å²) in [7, 11) is 0. The predicted molar refractivity (Wildman–Crippen MR) is 53.9 cm³/mol. The van der Waals surface area contributed by atoms with Crippen LogP contribution in [0.15, 0.2) is 0 Å². The van der Waals surface area contributed by atoms with Crippen molar-refractivity contribution in [3.05, 3.63) is 0 Å². The van der Waals surface area contributed by atoms with Crippen molar-refractivity contribution < 1.29 is 9.53 Å². The Labute approximate surface area is 85.2 Å². The number of ether oxygens (including phenoxy) is 1. The van der Waals surface area contributed by atoms with E-state index in [9.17, 15) is 4.79 Å². The van der Waals surface area contributed by atoms with Crippen LogP contribution in [0.5, 0.6) is 0 Å². The lowest BCUT2D eigenvalue weighted by molar-refractivity contribution is -0.164. The lowest BCUT2D eigenvalue weighted by Gasteiger charge is -2.47. The van der Waals surface area contributed by atoms with Crippen LogP contribution in [0.2, 0.25) is 0 Å². The fourth-order valence-electron chi connectivity index (χ4n) is 2.31. The van der Waals surface area contributed by atoms with E-state index < -0.39 is 0 Å². The highest BCUT2D eigenvalue weighted by Crippen LogP contribution is 2.34. The minimum Gasteiger partial charge on any atom is -0.460 e. The Hall–Kier alpha value is -0.570. The molecule has 0 aromatic rings. The van der Waals surface area contributed by atoms with Crippen LogP contribution in [0.25, 0.3) is 0 Å². The summed E-state index contributed by atoms with van der Waals surface area (Å²) in [5.41, 5.74) is -0.350. The van der Waals surface area contributed by atoms with E-state index in [-0.39, 0.29) is 17.5 Å². The molecule has 0 aromatic heterocycles. The fraction of sp³-hybridized carbons (Fsp3) is 0.909. The fourth-order valence-corrected chi connectivity index (χ4v) is 2.31. The first-order chi connectivity index (χ1) is 6.46. The van der Waals surface area contributed by atoms with Gasteiger partial charge in [0.05, 0.1) is 5.92 Å². The minimum atomic E-state index is -0.350. The summed E-state index contributed by atoms with van der Waals surface area (Å²) in [5, 5.41) is 3.40. The molecule has 2 saturated heterocycles. The van der Waals surface area contributed by atoms with Gasteiger partial charge in [0.25, 0.3) is 0 Å². The van der Waals surface area contributed by atoms with Gasteiger partial charge in [-0.1, -0.05) is 0 Å². The molecule has 1 aliphatic carbocycles. The Morgan fingerprint density at radius 3 is 2.43 bits per heavy atom. The molecule has 3 heteroatoms. The van der Waals surface area contributed by atoms with Crippen molar-refractivity contribution in [2.24, 2.45) is 5.92 Å². The van der Waals surface area contributed by atoms with Crippen molar-refractivity contribution in [1.82, 2.24) is 5.32 Å². The van der Waals surface area contributed by atoms with Gasteiger partial charge in [0.2, 0.25) is 0 Å². The standard InChI is InChI=1S/C11H19NO2/c1-11(2,3)14-10(13)8-5-4-7-6-9(8)12-7/h7-9,12H,4-6H2,1-3H3. The van der Waals surface area contributed by atoms with E-state index in [1.807, 2.05) is 20.8 Å². The van der Waals surface area contributed by atoms with Crippen LogP contribution in [0.4, 0.5) is 0 Å². The Kier molecular flexibility index (Phi) is 2.30. The van der Waals surface area contributed by atoms with E-state index in [0.29, 0.717) is 12.1 Å². The quantitative estimate of drug-likeness (QED) is 0.647. The van der Waals surface area contributed by atoms with Gasteiger partial charge < -0.3 is 10.1 Å². The SMILES string of the molecule is CC(C)(C)OC(=O)C1CCC2CC1N2. The van der Waals surface area contributed by atoms with Gasteiger partial charge in [-0.2, -0.15) is 0 Å². The first-order valence-corrected chi connectivity index (χ1v) is 5.44. The Morgan fingerprint density at radius 1 is 1.36 bits per heavy atom. The molecule has 2 heterocycles. The molecule has 3 unspecified atom stereocenters. The van der Waals surface area contributed by atoms with E-state index in [1.54, 1.807) is 0 Å². The Bertz CT molecular complexity index is 235. The molecule has 0 amide bonds. The van der Waals surface area contributed by atoms with Gasteiger partial charge in [0, 0.05) is 12.1 Å². The van der Waals surface area contributed by atoms with Gasteiger partial charge in [-0.05, 0) is 40.0 Å². The molecule has 2 aliphatic heterocycles. The number of rotatable bonds is 1. The highest BCUT2D eigenvalue weighted by molar-refractivity contribution is 5.74. The summed E-state index contributed by atoms with van der Waals surface area (Å²) in [6, 6.07) is 1.07. The molecule has 2 bridgehead atoms. The van der Waals surface area contributed by atoms with Crippen molar-refractivity contribution in [2.75, 3.05) is 0 Å². The molecule has 14 heavy (non-hydrogen) atoms. The molecule has 3 nitrogen and oxygen atoms in total. The van der Waals surface area contributed by atoms with Gasteiger partial charge in [-0.3, -0.25) is 4.79 Å². The van der Waals surface area contributed by atoms with E-state index in [2.05, 4.69) is 5.32 Å². The number of esters is 1. The van der Waals surface area contributed by atoms with Crippen LogP contribution < -0.4 is 5.32 Å². The molecule has 3 fully saturated rings. The van der Waals surface area contributed by atoms with Crippen LogP contribution >= 0.6 is 0 Å². The first-order valence-electron chi connectivity index (χ1n) is 5.44. The number of carbonyl (C=O) groups excluding carboxylic acids is 1. The molecule has 1 saturated carbocycles. The zero-order valence-corrected chi connectivity index (χ0v) is 9.17. The van der Waals surface area contributed by atoms with Crippen molar-refractivity contribution in [2.45, 2.75) is 57.7 Å². The molecule has 0 spiro atoms. The zero-order chi connectivity index (χ0) is 10.3. The monoisotopic (exact) mass is 197 g/mol. The molecular weight excluding hydrogens is 178 g/mol. The van der Waals surface area contributed by atoms with Gasteiger partial charge in [0.15, 0.2) is 0 Å². The summed E-state index contributed by atoms with van der Waals surface area (Å²) >= 11 is 0. The zero-order valence-electron chi connectivity index (χ0n) is 9.17. The maximum Gasteiger partial charge on any atom is 0.311 e. The van der Waals surface area contributed by atoms with Gasteiger partial charge >= 0.3 is 5.97 Å². The molecule has 1 N–H and O–H groups in total. The molecule has 80 valence electrons. The molecule has 3 rings (SSSR count). The largest absolute Gasteiger partial charge is 0.460 e. The summed E-state index contributed by atoms with van der Waals surface area (Å²) < 4.78 is 5.39. The van der Waals surface area contributed by atoms with Crippen molar-refractivity contribution in [3.63, 3.8) is 0 Å². The third-order valence-corrected chi connectivity index (χ3v) is 3.01. The van der Waals surface area contributed by atoms with E-state index in [4.69, 9.17) is 4.74 Å². The Morgan fingerprint density at radius 2 is 2.00 bits per heavy atom. The van der Waals surface area contributed by atoms with Gasteiger partial charge in [-0.25, -0.2) is 0 Å². The van der Waals surface area contributed by atoms with Crippen LogP contribution in [0.3, 0.4) is 0 Å². The summed E-state index contributed by atoms with van der Waals surface area (Å²) in [6.45, 7) is 5.76. The van der Waals surface area contributed by atoms with E-state index in [1.165, 1.54) is 0 Å². The van der Waals surface area contributed by atoms with Gasteiger partial charge in [-0.15, -0.1) is 0 Å². The molecule has 3 atom stereocenters. The van der Waals surface area contributed by atoms with Crippen LogP contribution in [-0.4, -0.2) is 23.7 Å². The molecule has 0 aromatic carbocycles. The number of hydrogen-bond donors (Lipinski definition) is 1. The second kappa shape index (κ2) is 3.23. The maximum absolute atomic E-state index is 11.8. The minimum absolute atomic E-state index is 0.0202. The third-order valence-electron chi connectivity index (χ3n) is 3.01. The lowest BCUT2D eigenvalue weighted by Crippen LogP contribution is -2.61. The second-order valence-corrected chi connectivity index (χ2v) is 5.42. The van der Waals surface area contributed by atoms with Crippen LogP contribution in [0, 0.1) is 5.92 Å². The average Bonchev–Trinajstić information content (AvgIpc) is 1.99. The maximum atomic E-state index is 11.8. The lowest BCUT2D eigenvalue weighted by atomic mass is 9.75.